The Morgan fingerprint density at radius 1 is 1.00 bits per heavy atom. The van der Waals surface area contributed by atoms with Crippen molar-refractivity contribution in [3.05, 3.63) is 62.1 Å². The summed E-state index contributed by atoms with van der Waals surface area (Å²) in [5.74, 6) is -0.304. The first-order chi connectivity index (χ1) is 12.9. The average molecular weight is 369 g/mol. The maximum absolute atomic E-state index is 13.2. The summed E-state index contributed by atoms with van der Waals surface area (Å²) in [6.07, 6.45) is 3.74. The predicted molar refractivity (Wildman–Crippen MR) is 113 cm³/mol. The van der Waals surface area contributed by atoms with E-state index in [1.807, 2.05) is 39.0 Å². The molecule has 0 aliphatic rings. The molecule has 0 atom stereocenters. The Balaban J connectivity index is 2.55. The Morgan fingerprint density at radius 3 is 2.11 bits per heavy atom. The number of carbonyl (C=O) groups is 1. The first kappa shape index (κ1) is 20.9. The molecule has 0 saturated heterocycles. The summed E-state index contributed by atoms with van der Waals surface area (Å²) in [4.78, 5) is 26.1. The number of aromatic nitrogens is 1. The van der Waals surface area contributed by atoms with Gasteiger partial charge in [0.2, 0.25) is 0 Å². The zero-order chi connectivity index (χ0) is 20.1. The van der Waals surface area contributed by atoms with Gasteiger partial charge in [0, 0.05) is 29.2 Å². The number of pyridine rings is 1. The molecule has 2 rings (SSSR count). The summed E-state index contributed by atoms with van der Waals surface area (Å²) in [6.45, 7) is 12.8. The van der Waals surface area contributed by atoms with Crippen LogP contribution in [-0.2, 0) is 19.4 Å². The van der Waals surface area contributed by atoms with Gasteiger partial charge in [-0.15, -0.1) is 0 Å². The largest absolute Gasteiger partial charge is 0.348 e. The van der Waals surface area contributed by atoms with E-state index in [0.717, 1.165) is 60.4 Å². The van der Waals surface area contributed by atoms with E-state index in [4.69, 9.17) is 0 Å². The van der Waals surface area contributed by atoms with Gasteiger partial charge in [-0.2, -0.15) is 0 Å². The highest BCUT2D eigenvalue weighted by Gasteiger charge is 2.21. The number of aryl methyl sites for hydroxylation is 2. The van der Waals surface area contributed by atoms with Gasteiger partial charge in [0.1, 0.15) is 5.56 Å². The van der Waals surface area contributed by atoms with E-state index in [1.54, 1.807) is 0 Å². The number of nitrogens with one attached hydrogen (secondary N) is 1. The lowest BCUT2D eigenvalue weighted by atomic mass is 10.0. The number of benzene rings is 1. The Kier molecular flexibility index (Phi) is 7.00. The van der Waals surface area contributed by atoms with E-state index in [0.29, 0.717) is 5.56 Å². The van der Waals surface area contributed by atoms with Gasteiger partial charge < -0.3 is 9.88 Å². The summed E-state index contributed by atoms with van der Waals surface area (Å²) in [5, 5.41) is 3.06. The minimum Gasteiger partial charge on any atom is -0.348 e. The lowest BCUT2D eigenvalue weighted by Crippen LogP contribution is -2.30. The van der Waals surface area contributed by atoms with Crippen LogP contribution in [0.2, 0.25) is 0 Å². The van der Waals surface area contributed by atoms with Gasteiger partial charge in [-0.3, -0.25) is 9.59 Å². The van der Waals surface area contributed by atoms with E-state index < -0.39 is 0 Å². The highest BCUT2D eigenvalue weighted by molar-refractivity contribution is 6.06. The van der Waals surface area contributed by atoms with Crippen molar-refractivity contribution in [1.29, 1.82) is 0 Å². The van der Waals surface area contributed by atoms with Crippen molar-refractivity contribution in [2.75, 3.05) is 5.32 Å². The molecule has 27 heavy (non-hydrogen) atoms. The normalized spacial score (nSPS) is 10.9. The van der Waals surface area contributed by atoms with Crippen LogP contribution in [0.15, 0.2) is 23.0 Å². The van der Waals surface area contributed by atoms with Gasteiger partial charge in [0.25, 0.3) is 5.91 Å². The van der Waals surface area contributed by atoms with Crippen LogP contribution in [-0.4, -0.2) is 10.5 Å². The van der Waals surface area contributed by atoms with Gasteiger partial charge in [0.05, 0.1) is 0 Å². The third-order valence-electron chi connectivity index (χ3n) is 5.48. The molecule has 1 aromatic heterocycles. The van der Waals surface area contributed by atoms with Crippen molar-refractivity contribution in [2.24, 2.45) is 0 Å². The van der Waals surface area contributed by atoms with E-state index in [9.17, 15) is 9.59 Å². The van der Waals surface area contributed by atoms with Crippen molar-refractivity contribution < 1.29 is 4.79 Å². The number of unbranched alkanes of at least 4 members (excludes halogenated alkanes) is 1. The molecular weight excluding hydrogens is 336 g/mol. The van der Waals surface area contributed by atoms with Crippen molar-refractivity contribution in [1.82, 2.24) is 4.57 Å². The highest BCUT2D eigenvalue weighted by atomic mass is 16.2. The average Bonchev–Trinajstić information content (AvgIpc) is 2.66. The molecule has 2 aromatic rings. The number of amides is 1. The first-order valence-electron chi connectivity index (χ1n) is 9.99. The highest BCUT2D eigenvalue weighted by Crippen LogP contribution is 2.24. The topological polar surface area (TPSA) is 51.1 Å². The van der Waals surface area contributed by atoms with E-state index in [2.05, 4.69) is 30.7 Å². The summed E-state index contributed by atoms with van der Waals surface area (Å²) < 4.78 is 2.11. The second-order valence-electron chi connectivity index (χ2n) is 7.12. The van der Waals surface area contributed by atoms with Crippen LogP contribution in [0.3, 0.4) is 0 Å². The van der Waals surface area contributed by atoms with E-state index >= 15 is 0 Å². The molecule has 1 aromatic carbocycles. The van der Waals surface area contributed by atoms with Crippen molar-refractivity contribution >= 4 is 11.6 Å². The third kappa shape index (κ3) is 4.15. The van der Waals surface area contributed by atoms with E-state index in [-0.39, 0.29) is 16.9 Å². The lowest BCUT2D eigenvalue weighted by molar-refractivity contribution is 0.102. The lowest BCUT2D eigenvalue weighted by Gasteiger charge is -2.20. The quantitative estimate of drug-likeness (QED) is 0.752. The third-order valence-corrected chi connectivity index (χ3v) is 5.48. The molecule has 0 fully saturated rings. The molecule has 1 amide bonds. The van der Waals surface area contributed by atoms with Crippen LogP contribution < -0.4 is 10.7 Å². The van der Waals surface area contributed by atoms with Gasteiger partial charge in [0.15, 0.2) is 5.43 Å². The van der Waals surface area contributed by atoms with Crippen LogP contribution in [0.5, 0.6) is 0 Å². The number of anilines is 1. The molecule has 4 heteroatoms. The van der Waals surface area contributed by atoms with Gasteiger partial charge in [-0.05, 0) is 51.2 Å². The second kappa shape index (κ2) is 9.03. The van der Waals surface area contributed by atoms with E-state index in [1.165, 1.54) is 0 Å². The van der Waals surface area contributed by atoms with Crippen LogP contribution >= 0.6 is 0 Å². The molecular formula is C23H32N2O2. The number of hydrogen-bond acceptors (Lipinski definition) is 2. The molecule has 0 aliphatic carbocycles. The van der Waals surface area contributed by atoms with Gasteiger partial charge >= 0.3 is 0 Å². The number of para-hydroxylation sites is 1. The Labute approximate surface area is 162 Å². The molecule has 4 nitrogen and oxygen atoms in total. The molecule has 0 spiro atoms. The molecule has 1 heterocycles. The molecule has 0 unspecified atom stereocenters. The number of hydrogen-bond donors (Lipinski definition) is 1. The summed E-state index contributed by atoms with van der Waals surface area (Å²) in [6, 6.07) is 6.08. The minimum absolute atomic E-state index is 0.165. The van der Waals surface area contributed by atoms with Crippen LogP contribution in [0, 0.1) is 20.8 Å². The van der Waals surface area contributed by atoms with Crippen LogP contribution in [0.4, 0.5) is 5.69 Å². The monoisotopic (exact) mass is 368 g/mol. The smallest absolute Gasteiger partial charge is 0.261 e. The SMILES string of the molecule is CCCCn1c(C)c(C)c(=O)c(C(=O)Nc2c(CC)cccc2CC)c1C. The number of carbonyl (C=O) groups excluding carboxylic acids is 1. The summed E-state index contributed by atoms with van der Waals surface area (Å²) >= 11 is 0. The Morgan fingerprint density at radius 2 is 1.59 bits per heavy atom. The maximum Gasteiger partial charge on any atom is 0.261 e. The molecule has 0 radical (unpaired) electrons. The summed E-state index contributed by atoms with van der Waals surface area (Å²) in [5.41, 5.74) is 5.49. The summed E-state index contributed by atoms with van der Waals surface area (Å²) in [7, 11) is 0. The molecule has 146 valence electrons. The van der Waals surface area contributed by atoms with Crippen molar-refractivity contribution in [3.8, 4) is 0 Å². The van der Waals surface area contributed by atoms with Gasteiger partial charge in [-0.25, -0.2) is 0 Å². The first-order valence-corrected chi connectivity index (χ1v) is 9.99. The predicted octanol–water partition coefficient (Wildman–Crippen LogP) is 4.95. The fraction of sp³-hybridized carbons (Fsp3) is 0.478. The molecule has 0 bridgehead atoms. The minimum atomic E-state index is -0.304. The van der Waals surface area contributed by atoms with Crippen molar-refractivity contribution in [2.45, 2.75) is 73.8 Å². The fourth-order valence-corrected chi connectivity index (χ4v) is 3.60. The Hall–Kier alpha value is -2.36. The maximum atomic E-state index is 13.2. The molecule has 0 saturated carbocycles. The molecule has 1 N–H and O–H groups in total. The standard InChI is InChI=1S/C23H32N2O2/c1-7-10-14-25-16(5)15(4)22(26)20(17(25)6)23(27)24-21-18(8-2)12-11-13-19(21)9-3/h11-13H,7-10,14H2,1-6H3,(H,24,27). The number of nitrogens with zero attached hydrogens (tertiary/aromatic N) is 1. The van der Waals surface area contributed by atoms with Crippen LogP contribution in [0.1, 0.15) is 72.0 Å². The van der Waals surface area contributed by atoms with Crippen LogP contribution in [0.25, 0.3) is 0 Å². The zero-order valence-electron chi connectivity index (χ0n) is 17.5. The van der Waals surface area contributed by atoms with Crippen molar-refractivity contribution in [3.63, 3.8) is 0 Å². The second-order valence-corrected chi connectivity index (χ2v) is 7.12. The van der Waals surface area contributed by atoms with Gasteiger partial charge in [-0.1, -0.05) is 45.4 Å². The molecule has 0 aliphatic heterocycles. The number of rotatable bonds is 7. The Bertz CT molecular complexity index is 872. The zero-order valence-corrected chi connectivity index (χ0v) is 17.5. The fourth-order valence-electron chi connectivity index (χ4n) is 3.60.